The van der Waals surface area contributed by atoms with Crippen LogP contribution in [0.25, 0.3) is 0 Å². The second kappa shape index (κ2) is 12.0. The predicted molar refractivity (Wildman–Crippen MR) is 151 cm³/mol. The van der Waals surface area contributed by atoms with E-state index in [9.17, 15) is 9.59 Å². The van der Waals surface area contributed by atoms with E-state index in [1.807, 2.05) is 12.1 Å². The standard InChI is InChI=1S/C32H49N3O3/c1-23-18-24(2)20-26(19-23)32(21-25-14-16-29(38-3)17-15-25)30(36)35(31(37)33-32)22-34(27-10-6-4-7-11-27)28-12-8-5-9-13-28/h14-17,23-24,26-28H,4-13,18-22H2,1-3H3,(H,33,37). The van der Waals surface area contributed by atoms with E-state index >= 15 is 0 Å². The maximum absolute atomic E-state index is 14.6. The molecule has 1 aromatic carbocycles. The average molecular weight is 524 g/mol. The molecule has 4 fully saturated rings. The smallest absolute Gasteiger partial charge is 0.326 e. The van der Waals surface area contributed by atoms with Gasteiger partial charge in [0.1, 0.15) is 11.3 Å². The van der Waals surface area contributed by atoms with Crippen LogP contribution in [0.15, 0.2) is 24.3 Å². The maximum Gasteiger partial charge on any atom is 0.326 e. The number of nitrogens with one attached hydrogen (secondary N) is 1. The van der Waals surface area contributed by atoms with Gasteiger partial charge in [-0.2, -0.15) is 0 Å². The molecule has 1 saturated heterocycles. The number of hydrogen-bond acceptors (Lipinski definition) is 4. The third-order valence-electron chi connectivity index (χ3n) is 10.1. The minimum Gasteiger partial charge on any atom is -0.497 e. The average Bonchev–Trinajstić information content (AvgIpc) is 3.17. The summed E-state index contributed by atoms with van der Waals surface area (Å²) < 4.78 is 5.37. The molecule has 6 heteroatoms. The Morgan fingerprint density at radius 1 is 0.868 bits per heavy atom. The summed E-state index contributed by atoms with van der Waals surface area (Å²) in [7, 11) is 1.67. The van der Waals surface area contributed by atoms with Crippen molar-refractivity contribution in [3.8, 4) is 5.75 Å². The lowest BCUT2D eigenvalue weighted by Gasteiger charge is -2.44. The van der Waals surface area contributed by atoms with Crippen LogP contribution in [0.2, 0.25) is 0 Å². The first-order valence-corrected chi connectivity index (χ1v) is 15.4. The quantitative estimate of drug-likeness (QED) is 0.394. The highest BCUT2D eigenvalue weighted by atomic mass is 16.5. The lowest BCUT2D eigenvalue weighted by molar-refractivity contribution is -0.136. The Morgan fingerprint density at radius 3 is 1.95 bits per heavy atom. The van der Waals surface area contributed by atoms with Gasteiger partial charge in [0.25, 0.3) is 5.91 Å². The van der Waals surface area contributed by atoms with Gasteiger partial charge in [0.15, 0.2) is 0 Å². The summed E-state index contributed by atoms with van der Waals surface area (Å²) in [4.78, 5) is 32.5. The van der Waals surface area contributed by atoms with Crippen LogP contribution in [0.1, 0.15) is 103 Å². The van der Waals surface area contributed by atoms with Gasteiger partial charge in [0.05, 0.1) is 13.8 Å². The molecular formula is C32H49N3O3. The van der Waals surface area contributed by atoms with Crippen molar-refractivity contribution in [2.24, 2.45) is 17.8 Å². The third kappa shape index (κ3) is 5.76. The Labute approximate surface area is 229 Å². The largest absolute Gasteiger partial charge is 0.497 e. The highest BCUT2D eigenvalue weighted by Gasteiger charge is 2.57. The zero-order valence-electron chi connectivity index (χ0n) is 23.9. The highest BCUT2D eigenvalue weighted by Crippen LogP contribution is 2.43. The van der Waals surface area contributed by atoms with Crippen LogP contribution >= 0.6 is 0 Å². The van der Waals surface area contributed by atoms with Crippen LogP contribution in [0.5, 0.6) is 5.75 Å². The summed E-state index contributed by atoms with van der Waals surface area (Å²) in [6.45, 7) is 5.05. The third-order valence-corrected chi connectivity index (χ3v) is 10.1. The molecule has 1 heterocycles. The molecule has 4 aliphatic rings. The maximum atomic E-state index is 14.6. The number of nitrogens with zero attached hydrogens (tertiary/aromatic N) is 2. The summed E-state index contributed by atoms with van der Waals surface area (Å²) in [6.07, 6.45) is 16.1. The molecule has 6 nitrogen and oxygen atoms in total. The minimum absolute atomic E-state index is 0.00115. The van der Waals surface area contributed by atoms with Crippen molar-refractivity contribution in [3.05, 3.63) is 29.8 Å². The number of amides is 3. The molecule has 0 bridgehead atoms. The molecule has 210 valence electrons. The number of urea groups is 1. The molecule has 3 unspecified atom stereocenters. The van der Waals surface area contributed by atoms with Crippen LogP contribution in [0, 0.1) is 17.8 Å². The number of imide groups is 1. The Bertz CT molecular complexity index is 925. The van der Waals surface area contributed by atoms with Crippen molar-refractivity contribution in [1.82, 2.24) is 15.1 Å². The molecule has 3 saturated carbocycles. The fraction of sp³-hybridized carbons (Fsp3) is 0.750. The molecule has 0 spiro atoms. The van der Waals surface area contributed by atoms with Gasteiger partial charge in [-0.1, -0.05) is 64.5 Å². The number of ether oxygens (including phenoxy) is 1. The second-order valence-corrected chi connectivity index (χ2v) is 13.0. The number of carbonyl (C=O) groups is 2. The van der Waals surface area contributed by atoms with Gasteiger partial charge in [0, 0.05) is 18.5 Å². The van der Waals surface area contributed by atoms with Crippen molar-refractivity contribution < 1.29 is 14.3 Å². The summed E-state index contributed by atoms with van der Waals surface area (Å²) >= 11 is 0. The minimum atomic E-state index is -0.876. The van der Waals surface area contributed by atoms with E-state index < -0.39 is 5.54 Å². The van der Waals surface area contributed by atoms with Crippen molar-refractivity contribution in [2.45, 2.75) is 121 Å². The van der Waals surface area contributed by atoms with Crippen LogP contribution in [0.4, 0.5) is 4.79 Å². The van der Waals surface area contributed by atoms with Crippen molar-refractivity contribution in [3.63, 3.8) is 0 Å². The summed E-state index contributed by atoms with van der Waals surface area (Å²) in [5.74, 6) is 2.05. The van der Waals surface area contributed by atoms with E-state index in [-0.39, 0.29) is 17.9 Å². The molecule has 0 aromatic heterocycles. The van der Waals surface area contributed by atoms with E-state index in [0.717, 1.165) is 24.2 Å². The Kier molecular flexibility index (Phi) is 8.66. The number of hydrogen-bond donors (Lipinski definition) is 1. The number of carbonyl (C=O) groups excluding carboxylic acids is 2. The van der Waals surface area contributed by atoms with Gasteiger partial charge < -0.3 is 10.1 Å². The molecule has 38 heavy (non-hydrogen) atoms. The lowest BCUT2D eigenvalue weighted by Crippen LogP contribution is -2.57. The normalized spacial score (nSPS) is 31.6. The van der Waals surface area contributed by atoms with Gasteiger partial charge in [-0.3, -0.25) is 9.69 Å². The van der Waals surface area contributed by atoms with Gasteiger partial charge >= 0.3 is 6.03 Å². The van der Waals surface area contributed by atoms with Gasteiger partial charge in [0.2, 0.25) is 0 Å². The first kappa shape index (κ1) is 27.5. The van der Waals surface area contributed by atoms with E-state index in [1.54, 1.807) is 12.0 Å². The van der Waals surface area contributed by atoms with E-state index in [1.165, 1.54) is 70.6 Å². The second-order valence-electron chi connectivity index (χ2n) is 13.0. The van der Waals surface area contributed by atoms with Crippen LogP contribution < -0.4 is 10.1 Å². The molecular weight excluding hydrogens is 474 g/mol. The van der Waals surface area contributed by atoms with Crippen molar-refractivity contribution in [2.75, 3.05) is 13.8 Å². The molecule has 1 aromatic rings. The molecule has 3 amide bonds. The van der Waals surface area contributed by atoms with Crippen molar-refractivity contribution >= 4 is 11.9 Å². The highest BCUT2D eigenvalue weighted by molar-refractivity contribution is 6.07. The predicted octanol–water partition coefficient (Wildman–Crippen LogP) is 6.53. The number of methoxy groups -OCH3 is 1. The SMILES string of the molecule is COc1ccc(CC2(C3CC(C)CC(C)C3)NC(=O)N(CN(C3CCCCC3)C3CCCCC3)C2=O)cc1. The van der Waals surface area contributed by atoms with E-state index in [4.69, 9.17) is 4.74 Å². The Hall–Kier alpha value is -2.08. The van der Waals surface area contributed by atoms with E-state index in [0.29, 0.717) is 37.0 Å². The van der Waals surface area contributed by atoms with Crippen LogP contribution in [-0.4, -0.2) is 53.1 Å². The topological polar surface area (TPSA) is 61.9 Å². The molecule has 3 aliphatic carbocycles. The first-order chi connectivity index (χ1) is 18.4. The lowest BCUT2D eigenvalue weighted by atomic mass is 9.66. The molecule has 3 atom stereocenters. The fourth-order valence-electron chi connectivity index (χ4n) is 8.25. The van der Waals surface area contributed by atoms with Gasteiger partial charge in [-0.15, -0.1) is 0 Å². The molecule has 1 aliphatic heterocycles. The summed E-state index contributed by atoms with van der Waals surface area (Å²) in [5.41, 5.74) is 0.197. The Balaban J connectivity index is 1.44. The zero-order valence-corrected chi connectivity index (χ0v) is 23.9. The molecule has 1 N–H and O–H groups in total. The molecule has 0 radical (unpaired) electrons. The molecule has 5 rings (SSSR count). The summed E-state index contributed by atoms with van der Waals surface area (Å²) in [5, 5.41) is 3.35. The zero-order chi connectivity index (χ0) is 26.7. The number of rotatable bonds is 8. The number of benzene rings is 1. The van der Waals surface area contributed by atoms with E-state index in [2.05, 4.69) is 36.2 Å². The van der Waals surface area contributed by atoms with Crippen LogP contribution in [-0.2, 0) is 11.2 Å². The summed E-state index contributed by atoms with van der Waals surface area (Å²) in [6, 6.07) is 8.80. The van der Waals surface area contributed by atoms with Crippen LogP contribution in [0.3, 0.4) is 0 Å². The van der Waals surface area contributed by atoms with Gasteiger partial charge in [-0.25, -0.2) is 9.69 Å². The first-order valence-electron chi connectivity index (χ1n) is 15.4. The Morgan fingerprint density at radius 2 is 1.42 bits per heavy atom. The fourth-order valence-corrected chi connectivity index (χ4v) is 8.25. The monoisotopic (exact) mass is 523 g/mol. The van der Waals surface area contributed by atoms with Crippen molar-refractivity contribution in [1.29, 1.82) is 0 Å². The van der Waals surface area contributed by atoms with Gasteiger partial charge in [-0.05, 0) is 80.4 Å².